The Morgan fingerprint density at radius 2 is 1.68 bits per heavy atom. The molecule has 4 rings (SSSR count). The Labute approximate surface area is 188 Å². The Morgan fingerprint density at radius 3 is 2.42 bits per heavy atom. The maximum atomic E-state index is 6.29. The van der Waals surface area contributed by atoms with Crippen molar-refractivity contribution >= 4 is 22.2 Å². The van der Waals surface area contributed by atoms with Gasteiger partial charge in [0.25, 0.3) is 0 Å². The number of benzene rings is 2. The Kier molecular flexibility index (Phi) is 6.05. The predicted octanol–water partition coefficient (Wildman–Crippen LogP) is 7.60. The molecule has 4 aromatic rings. The number of hydrogen-bond acceptors (Lipinski definition) is 5. The topological polar surface area (TPSA) is 47.0 Å². The number of aromatic nitrogens is 2. The number of para-hydroxylation sites is 1. The van der Waals surface area contributed by atoms with Crippen molar-refractivity contribution in [2.45, 2.75) is 39.5 Å². The maximum absolute atomic E-state index is 6.29. The monoisotopic (exact) mass is 429 g/mol. The first kappa shape index (κ1) is 21.1. The highest BCUT2D eigenvalue weighted by Gasteiger charge is 2.20. The second-order valence-electron chi connectivity index (χ2n) is 8.34. The molecule has 0 aliphatic rings. The van der Waals surface area contributed by atoms with Gasteiger partial charge in [0, 0.05) is 11.8 Å². The van der Waals surface area contributed by atoms with Crippen molar-refractivity contribution in [2.75, 3.05) is 5.32 Å². The van der Waals surface area contributed by atoms with E-state index < -0.39 is 0 Å². The molecule has 31 heavy (non-hydrogen) atoms. The van der Waals surface area contributed by atoms with Gasteiger partial charge in [-0.05, 0) is 35.6 Å². The summed E-state index contributed by atoms with van der Waals surface area (Å²) in [5.74, 6) is 1.35. The van der Waals surface area contributed by atoms with Gasteiger partial charge >= 0.3 is 0 Å². The molecular weight excluding hydrogens is 402 g/mol. The first-order valence-corrected chi connectivity index (χ1v) is 11.3. The van der Waals surface area contributed by atoms with Gasteiger partial charge in [0.05, 0.1) is 10.6 Å². The highest BCUT2D eigenvalue weighted by Crippen LogP contribution is 2.38. The molecule has 1 N–H and O–H groups in total. The van der Waals surface area contributed by atoms with E-state index in [1.807, 2.05) is 36.4 Å². The number of ether oxygens (including phenoxy) is 1. The van der Waals surface area contributed by atoms with E-state index in [1.165, 1.54) is 10.4 Å². The molecule has 4 nitrogen and oxygen atoms in total. The molecule has 0 saturated carbocycles. The van der Waals surface area contributed by atoms with Crippen molar-refractivity contribution < 1.29 is 4.74 Å². The van der Waals surface area contributed by atoms with Crippen molar-refractivity contribution in [1.29, 1.82) is 0 Å². The number of rotatable bonds is 6. The molecule has 5 heteroatoms. The molecular formula is C26H27N3OS. The van der Waals surface area contributed by atoms with Gasteiger partial charge in [0.15, 0.2) is 5.13 Å². The van der Waals surface area contributed by atoms with Crippen LogP contribution in [0.2, 0.25) is 0 Å². The van der Waals surface area contributed by atoms with Crippen LogP contribution in [0.4, 0.5) is 10.8 Å². The minimum absolute atomic E-state index is 0.0329. The van der Waals surface area contributed by atoms with E-state index in [0.29, 0.717) is 5.88 Å². The van der Waals surface area contributed by atoms with Crippen LogP contribution in [0.15, 0.2) is 72.9 Å². The third-order valence-corrected chi connectivity index (χ3v) is 6.04. The Bertz CT molecular complexity index is 1160. The molecule has 0 bridgehead atoms. The molecule has 0 radical (unpaired) electrons. The number of pyridine rings is 1. The molecule has 0 aliphatic carbocycles. The Hall–Kier alpha value is -3.18. The minimum Gasteiger partial charge on any atom is -0.437 e. The van der Waals surface area contributed by atoms with Crippen LogP contribution in [-0.4, -0.2) is 9.97 Å². The highest BCUT2D eigenvalue weighted by molar-refractivity contribution is 7.19. The number of thiazole rings is 1. The number of aryl methyl sites for hydroxylation is 1. The van der Waals surface area contributed by atoms with E-state index in [4.69, 9.17) is 9.72 Å². The van der Waals surface area contributed by atoms with Crippen molar-refractivity contribution in [2.24, 2.45) is 0 Å². The molecule has 0 unspecified atom stereocenters. The van der Waals surface area contributed by atoms with Gasteiger partial charge in [0.2, 0.25) is 5.88 Å². The van der Waals surface area contributed by atoms with Gasteiger partial charge in [0.1, 0.15) is 11.4 Å². The van der Waals surface area contributed by atoms with Crippen LogP contribution < -0.4 is 10.1 Å². The summed E-state index contributed by atoms with van der Waals surface area (Å²) in [6.45, 7) is 8.67. The normalized spacial score (nSPS) is 11.4. The van der Waals surface area contributed by atoms with Crippen LogP contribution in [0.25, 0.3) is 10.4 Å². The van der Waals surface area contributed by atoms with Crippen molar-refractivity contribution in [3.8, 4) is 22.1 Å². The summed E-state index contributed by atoms with van der Waals surface area (Å²) in [7, 11) is 0. The van der Waals surface area contributed by atoms with Crippen LogP contribution in [0.3, 0.4) is 0 Å². The lowest BCUT2D eigenvalue weighted by molar-refractivity contribution is 0.442. The standard InChI is InChI=1S/C26H27N3OS/c1-5-20-23(18-12-7-6-8-13-18)31-25(28-20)29-21-15-11-17-27-24(21)30-22-16-10-9-14-19(22)26(2,3)4/h6-17H,5H2,1-4H3,(H,28,29). The van der Waals surface area contributed by atoms with Gasteiger partial charge in [-0.3, -0.25) is 0 Å². The Morgan fingerprint density at radius 1 is 0.935 bits per heavy atom. The van der Waals surface area contributed by atoms with Crippen LogP contribution in [0.1, 0.15) is 39.0 Å². The fourth-order valence-corrected chi connectivity index (χ4v) is 4.49. The van der Waals surface area contributed by atoms with Crippen molar-refractivity contribution in [1.82, 2.24) is 9.97 Å². The molecule has 0 fully saturated rings. The van der Waals surface area contributed by atoms with E-state index >= 15 is 0 Å². The smallest absolute Gasteiger partial charge is 0.243 e. The molecule has 2 aromatic heterocycles. The summed E-state index contributed by atoms with van der Waals surface area (Å²) in [6.07, 6.45) is 2.62. The summed E-state index contributed by atoms with van der Waals surface area (Å²) in [4.78, 5) is 10.5. The number of anilines is 2. The van der Waals surface area contributed by atoms with Crippen molar-refractivity contribution in [3.63, 3.8) is 0 Å². The third kappa shape index (κ3) is 4.78. The fourth-order valence-electron chi connectivity index (χ4n) is 3.42. The molecule has 0 saturated heterocycles. The SMILES string of the molecule is CCc1nc(Nc2cccnc2Oc2ccccc2C(C)(C)C)sc1-c1ccccc1. The quantitative estimate of drug-likeness (QED) is 0.343. The summed E-state index contributed by atoms with van der Waals surface area (Å²) in [5, 5.41) is 4.27. The van der Waals surface area contributed by atoms with E-state index in [9.17, 15) is 0 Å². The predicted molar refractivity (Wildman–Crippen MR) is 130 cm³/mol. The second kappa shape index (κ2) is 8.90. The third-order valence-electron chi connectivity index (χ3n) is 4.98. The van der Waals surface area contributed by atoms with Gasteiger partial charge in [-0.2, -0.15) is 0 Å². The molecule has 2 aromatic carbocycles. The lowest BCUT2D eigenvalue weighted by atomic mass is 9.86. The average Bonchev–Trinajstić information content (AvgIpc) is 3.18. The van der Waals surface area contributed by atoms with Crippen LogP contribution in [0.5, 0.6) is 11.6 Å². The Balaban J connectivity index is 1.65. The zero-order valence-corrected chi connectivity index (χ0v) is 19.2. The molecule has 158 valence electrons. The molecule has 0 atom stereocenters. The zero-order chi connectivity index (χ0) is 21.8. The molecule has 2 heterocycles. The molecule has 0 spiro atoms. The van der Waals surface area contributed by atoms with E-state index in [-0.39, 0.29) is 5.41 Å². The van der Waals surface area contributed by atoms with Crippen LogP contribution in [-0.2, 0) is 11.8 Å². The lowest BCUT2D eigenvalue weighted by Gasteiger charge is -2.22. The number of hydrogen-bond donors (Lipinski definition) is 1. The first-order chi connectivity index (χ1) is 15.0. The number of nitrogens with one attached hydrogen (secondary N) is 1. The molecule has 0 aliphatic heterocycles. The summed E-state index contributed by atoms with van der Waals surface area (Å²) in [6, 6.07) is 22.4. The van der Waals surface area contributed by atoms with Gasteiger partial charge < -0.3 is 10.1 Å². The lowest BCUT2D eigenvalue weighted by Crippen LogP contribution is -2.12. The summed E-state index contributed by atoms with van der Waals surface area (Å²) in [5.41, 5.74) is 4.17. The molecule has 0 amide bonds. The van der Waals surface area contributed by atoms with E-state index in [1.54, 1.807) is 17.5 Å². The number of nitrogens with zero attached hydrogens (tertiary/aromatic N) is 2. The van der Waals surface area contributed by atoms with E-state index in [2.05, 4.69) is 68.3 Å². The van der Waals surface area contributed by atoms with Gasteiger partial charge in [-0.15, -0.1) is 0 Å². The van der Waals surface area contributed by atoms with Crippen LogP contribution in [0, 0.1) is 0 Å². The van der Waals surface area contributed by atoms with Gasteiger partial charge in [-0.1, -0.05) is 87.6 Å². The summed E-state index contributed by atoms with van der Waals surface area (Å²) >= 11 is 1.65. The first-order valence-electron chi connectivity index (χ1n) is 10.5. The second-order valence-corrected chi connectivity index (χ2v) is 9.34. The summed E-state index contributed by atoms with van der Waals surface area (Å²) < 4.78 is 6.29. The average molecular weight is 430 g/mol. The maximum Gasteiger partial charge on any atom is 0.243 e. The van der Waals surface area contributed by atoms with Crippen LogP contribution >= 0.6 is 11.3 Å². The zero-order valence-electron chi connectivity index (χ0n) is 18.3. The highest BCUT2D eigenvalue weighted by atomic mass is 32.1. The largest absolute Gasteiger partial charge is 0.437 e. The van der Waals surface area contributed by atoms with Gasteiger partial charge in [-0.25, -0.2) is 9.97 Å². The van der Waals surface area contributed by atoms with Crippen molar-refractivity contribution in [3.05, 3.63) is 84.2 Å². The fraction of sp³-hybridized carbons (Fsp3) is 0.231. The van der Waals surface area contributed by atoms with E-state index in [0.717, 1.165) is 34.2 Å². The minimum atomic E-state index is -0.0329.